The van der Waals surface area contributed by atoms with Crippen molar-refractivity contribution in [2.75, 3.05) is 13.1 Å². The summed E-state index contributed by atoms with van der Waals surface area (Å²) in [6, 6.07) is -0.111. The zero-order chi connectivity index (χ0) is 17.3. The number of aliphatic imine (C=N–C) groups is 1. The minimum absolute atomic E-state index is 0.111. The fraction of sp³-hybridized carbons (Fsp3) is 0.875. The van der Waals surface area contributed by atoms with E-state index in [-0.39, 0.29) is 12.0 Å². The zero-order valence-corrected chi connectivity index (χ0v) is 15.2. The minimum atomic E-state index is -0.508. The van der Waals surface area contributed by atoms with E-state index in [0.29, 0.717) is 18.4 Å². The molecule has 130 valence electrons. The molecule has 0 bridgehead atoms. The predicted octanol–water partition coefficient (Wildman–Crippen LogP) is 2.49. The van der Waals surface area contributed by atoms with Crippen LogP contribution in [0.15, 0.2) is 4.99 Å². The highest BCUT2D eigenvalue weighted by Gasteiger charge is 2.21. The van der Waals surface area contributed by atoms with Gasteiger partial charge in [-0.2, -0.15) is 0 Å². The second-order valence-corrected chi connectivity index (χ2v) is 7.33. The van der Waals surface area contributed by atoms with Crippen molar-refractivity contribution in [3.8, 4) is 0 Å². The Morgan fingerprint density at radius 2 is 1.82 bits per heavy atom. The third-order valence-electron chi connectivity index (χ3n) is 2.99. The van der Waals surface area contributed by atoms with Crippen LogP contribution in [0.25, 0.3) is 0 Å². The molecule has 0 aromatic heterocycles. The summed E-state index contributed by atoms with van der Waals surface area (Å²) in [5.74, 6) is 1.27. The number of carbonyl (C=O) groups excluding carboxylic acids is 1. The van der Waals surface area contributed by atoms with E-state index in [2.05, 4.69) is 29.5 Å². The first-order valence-electron chi connectivity index (χ1n) is 8.04. The van der Waals surface area contributed by atoms with Crippen molar-refractivity contribution in [2.45, 2.75) is 66.5 Å². The Kier molecular flexibility index (Phi) is 8.90. The molecule has 1 amide bonds. The van der Waals surface area contributed by atoms with E-state index in [9.17, 15) is 4.79 Å². The third kappa shape index (κ3) is 11.2. The van der Waals surface area contributed by atoms with Gasteiger partial charge in [0.1, 0.15) is 5.60 Å². The van der Waals surface area contributed by atoms with Crippen LogP contribution < -0.4 is 16.4 Å². The maximum Gasteiger partial charge on any atom is 0.407 e. The van der Waals surface area contributed by atoms with Gasteiger partial charge in [0.25, 0.3) is 0 Å². The standard InChI is InChI=1S/C16H34N4O2/c1-11(2)8-9-18-14(17)19-10-13(12(3)4)20-15(21)22-16(5,6)7/h11-13H,8-10H2,1-7H3,(H,20,21)(H3,17,18,19). The molecule has 0 fully saturated rings. The van der Waals surface area contributed by atoms with Crippen molar-refractivity contribution in [3.63, 3.8) is 0 Å². The maximum absolute atomic E-state index is 11.8. The summed E-state index contributed by atoms with van der Waals surface area (Å²) in [5.41, 5.74) is 5.33. The summed E-state index contributed by atoms with van der Waals surface area (Å²) in [6.07, 6.45) is 0.618. The molecule has 0 rings (SSSR count). The highest BCUT2D eigenvalue weighted by atomic mass is 16.6. The van der Waals surface area contributed by atoms with Gasteiger partial charge in [-0.1, -0.05) is 27.7 Å². The molecule has 1 atom stereocenters. The molecular formula is C16H34N4O2. The molecular weight excluding hydrogens is 280 g/mol. The van der Waals surface area contributed by atoms with Gasteiger partial charge in [0.05, 0.1) is 12.6 Å². The van der Waals surface area contributed by atoms with Crippen molar-refractivity contribution in [1.82, 2.24) is 10.6 Å². The van der Waals surface area contributed by atoms with E-state index < -0.39 is 11.7 Å². The Bertz CT molecular complexity index is 360. The van der Waals surface area contributed by atoms with Gasteiger partial charge in [-0.05, 0) is 39.0 Å². The lowest BCUT2D eigenvalue weighted by Gasteiger charge is -2.25. The van der Waals surface area contributed by atoms with Crippen LogP contribution in [-0.2, 0) is 4.74 Å². The number of guanidine groups is 1. The van der Waals surface area contributed by atoms with E-state index in [1.165, 1.54) is 0 Å². The van der Waals surface area contributed by atoms with Gasteiger partial charge in [0.2, 0.25) is 0 Å². The quantitative estimate of drug-likeness (QED) is 0.497. The average Bonchev–Trinajstić information content (AvgIpc) is 2.31. The molecule has 4 N–H and O–H groups in total. The van der Waals surface area contributed by atoms with E-state index in [1.54, 1.807) is 0 Å². The lowest BCUT2D eigenvalue weighted by Crippen LogP contribution is -2.44. The SMILES string of the molecule is CC(C)CCNC(N)=NCC(NC(=O)OC(C)(C)C)C(C)C. The molecule has 0 spiro atoms. The number of alkyl carbamates (subject to hydrolysis) is 1. The van der Waals surface area contributed by atoms with Crippen molar-refractivity contribution in [2.24, 2.45) is 22.6 Å². The van der Waals surface area contributed by atoms with Gasteiger partial charge in [0, 0.05) is 6.54 Å². The van der Waals surface area contributed by atoms with Crippen LogP contribution in [0.2, 0.25) is 0 Å². The lowest BCUT2D eigenvalue weighted by atomic mass is 10.1. The van der Waals surface area contributed by atoms with Crippen molar-refractivity contribution in [1.29, 1.82) is 0 Å². The molecule has 0 saturated heterocycles. The Morgan fingerprint density at radius 3 is 2.27 bits per heavy atom. The number of hydrogen-bond donors (Lipinski definition) is 3. The third-order valence-corrected chi connectivity index (χ3v) is 2.99. The molecule has 0 aliphatic heterocycles. The van der Waals surface area contributed by atoms with Gasteiger partial charge >= 0.3 is 6.09 Å². The minimum Gasteiger partial charge on any atom is -0.444 e. The highest BCUT2D eigenvalue weighted by molar-refractivity contribution is 5.77. The van der Waals surface area contributed by atoms with Gasteiger partial charge in [0.15, 0.2) is 5.96 Å². The smallest absolute Gasteiger partial charge is 0.407 e. The summed E-state index contributed by atoms with van der Waals surface area (Å²) in [5, 5.41) is 5.93. The lowest BCUT2D eigenvalue weighted by molar-refractivity contribution is 0.0493. The Hall–Kier alpha value is -1.46. The molecule has 0 aromatic rings. The van der Waals surface area contributed by atoms with Crippen molar-refractivity contribution >= 4 is 12.1 Å². The maximum atomic E-state index is 11.8. The molecule has 6 heteroatoms. The fourth-order valence-electron chi connectivity index (χ4n) is 1.62. The van der Waals surface area contributed by atoms with E-state index in [1.807, 2.05) is 34.6 Å². The molecule has 6 nitrogen and oxygen atoms in total. The number of rotatable bonds is 7. The number of hydrogen-bond acceptors (Lipinski definition) is 3. The Morgan fingerprint density at radius 1 is 1.23 bits per heavy atom. The van der Waals surface area contributed by atoms with Gasteiger partial charge in [-0.3, -0.25) is 4.99 Å². The number of nitrogens with one attached hydrogen (secondary N) is 2. The van der Waals surface area contributed by atoms with E-state index in [4.69, 9.17) is 10.5 Å². The highest BCUT2D eigenvalue weighted by Crippen LogP contribution is 2.09. The zero-order valence-electron chi connectivity index (χ0n) is 15.2. The van der Waals surface area contributed by atoms with Crippen molar-refractivity contribution in [3.05, 3.63) is 0 Å². The van der Waals surface area contributed by atoms with Crippen LogP contribution >= 0.6 is 0 Å². The van der Waals surface area contributed by atoms with Crippen LogP contribution in [0.3, 0.4) is 0 Å². The molecule has 0 heterocycles. The first kappa shape index (κ1) is 20.5. The van der Waals surface area contributed by atoms with Crippen LogP contribution in [0.4, 0.5) is 4.79 Å². The average molecular weight is 314 g/mol. The molecule has 1 unspecified atom stereocenters. The fourth-order valence-corrected chi connectivity index (χ4v) is 1.62. The molecule has 0 aliphatic carbocycles. The summed E-state index contributed by atoms with van der Waals surface area (Å²) < 4.78 is 5.27. The Balaban J connectivity index is 4.37. The Labute approximate surface area is 135 Å². The molecule has 0 saturated carbocycles. The summed E-state index contributed by atoms with van der Waals surface area (Å²) >= 11 is 0. The summed E-state index contributed by atoms with van der Waals surface area (Å²) in [6.45, 7) is 15.1. The van der Waals surface area contributed by atoms with E-state index >= 15 is 0 Å². The largest absolute Gasteiger partial charge is 0.444 e. The van der Waals surface area contributed by atoms with Crippen LogP contribution in [0, 0.1) is 11.8 Å². The number of amides is 1. The second kappa shape index (κ2) is 9.54. The number of ether oxygens (including phenoxy) is 1. The number of nitrogens with two attached hydrogens (primary N) is 1. The summed E-state index contributed by atoms with van der Waals surface area (Å²) in [4.78, 5) is 16.1. The van der Waals surface area contributed by atoms with Gasteiger partial charge < -0.3 is 21.1 Å². The normalized spacial score (nSPS) is 14.1. The van der Waals surface area contributed by atoms with Gasteiger partial charge in [-0.15, -0.1) is 0 Å². The van der Waals surface area contributed by atoms with Crippen molar-refractivity contribution < 1.29 is 9.53 Å². The number of nitrogens with zero attached hydrogens (tertiary/aromatic N) is 1. The van der Waals surface area contributed by atoms with Gasteiger partial charge in [-0.25, -0.2) is 4.79 Å². The molecule has 0 radical (unpaired) electrons. The van der Waals surface area contributed by atoms with Crippen LogP contribution in [-0.4, -0.2) is 36.8 Å². The summed E-state index contributed by atoms with van der Waals surface area (Å²) in [7, 11) is 0. The first-order chi connectivity index (χ1) is 10.0. The first-order valence-corrected chi connectivity index (χ1v) is 8.04. The number of carbonyl (C=O) groups is 1. The molecule has 0 aliphatic rings. The topological polar surface area (TPSA) is 88.7 Å². The second-order valence-electron chi connectivity index (χ2n) is 7.33. The van der Waals surface area contributed by atoms with Crippen LogP contribution in [0.1, 0.15) is 54.9 Å². The predicted molar refractivity (Wildman–Crippen MR) is 91.9 cm³/mol. The molecule has 22 heavy (non-hydrogen) atoms. The molecule has 0 aromatic carbocycles. The monoisotopic (exact) mass is 314 g/mol. The van der Waals surface area contributed by atoms with Crippen LogP contribution in [0.5, 0.6) is 0 Å². The van der Waals surface area contributed by atoms with E-state index in [0.717, 1.165) is 13.0 Å².